The summed E-state index contributed by atoms with van der Waals surface area (Å²) in [7, 11) is 0. The Morgan fingerprint density at radius 2 is 2.53 bits per heavy atom. The van der Waals surface area contributed by atoms with Crippen LogP contribution in [0, 0.1) is 6.92 Å². The second-order valence-corrected chi connectivity index (χ2v) is 3.51. The topological polar surface area (TPSA) is 64.1 Å². The molecule has 0 spiro atoms. The van der Waals surface area contributed by atoms with Crippen LogP contribution in [0.1, 0.15) is 18.5 Å². The van der Waals surface area contributed by atoms with Crippen LogP contribution < -0.4 is 5.32 Å². The van der Waals surface area contributed by atoms with Gasteiger partial charge in [-0.3, -0.25) is 10.1 Å². The van der Waals surface area contributed by atoms with E-state index in [0.29, 0.717) is 12.6 Å². The molecule has 2 heterocycles. The molecule has 0 bridgehead atoms. The minimum Gasteiger partial charge on any atom is -0.368 e. The van der Waals surface area contributed by atoms with Gasteiger partial charge >= 0.3 is 0 Å². The highest BCUT2D eigenvalue weighted by molar-refractivity contribution is 5.92. The van der Waals surface area contributed by atoms with Gasteiger partial charge in [-0.25, -0.2) is 9.97 Å². The van der Waals surface area contributed by atoms with E-state index in [9.17, 15) is 4.79 Å². The summed E-state index contributed by atoms with van der Waals surface area (Å²) in [6, 6.07) is 1.78. The second kappa shape index (κ2) is 4.35. The summed E-state index contributed by atoms with van der Waals surface area (Å²) >= 11 is 0. The zero-order valence-corrected chi connectivity index (χ0v) is 8.56. The number of hydrogen-bond acceptors (Lipinski definition) is 4. The van der Waals surface area contributed by atoms with E-state index < -0.39 is 0 Å². The zero-order valence-electron chi connectivity index (χ0n) is 8.56. The maximum atomic E-state index is 11.6. The third kappa shape index (κ3) is 2.50. The number of hydrogen-bond donors (Lipinski definition) is 1. The van der Waals surface area contributed by atoms with Crippen molar-refractivity contribution in [3.8, 4) is 0 Å². The Kier molecular flexibility index (Phi) is 2.91. The Morgan fingerprint density at radius 3 is 3.20 bits per heavy atom. The number of anilines is 1. The van der Waals surface area contributed by atoms with Gasteiger partial charge in [-0.1, -0.05) is 0 Å². The highest BCUT2D eigenvalue weighted by Gasteiger charge is 2.23. The van der Waals surface area contributed by atoms with Crippen LogP contribution in [-0.2, 0) is 9.53 Å². The number of carbonyl (C=O) groups excluding carboxylic acids is 1. The highest BCUT2D eigenvalue weighted by Crippen LogP contribution is 2.13. The quantitative estimate of drug-likeness (QED) is 0.782. The number of ether oxygens (including phenoxy) is 1. The molecule has 1 atom stereocenters. The fraction of sp³-hybridized carbons (Fsp3) is 0.500. The van der Waals surface area contributed by atoms with Gasteiger partial charge in [0.25, 0.3) is 5.91 Å². The standard InChI is InChI=1S/C10H13N3O2/c1-7-4-5-11-10(12-7)13-9(14)8-3-2-6-15-8/h4-5,8H,2-3,6H2,1H3,(H,11,12,13,14). The lowest BCUT2D eigenvalue weighted by atomic mass is 10.2. The number of rotatable bonds is 2. The van der Waals surface area contributed by atoms with Gasteiger partial charge in [0, 0.05) is 18.5 Å². The number of nitrogens with one attached hydrogen (secondary N) is 1. The van der Waals surface area contributed by atoms with Gasteiger partial charge in [0.05, 0.1) is 0 Å². The van der Waals surface area contributed by atoms with Crippen molar-refractivity contribution in [3.05, 3.63) is 18.0 Å². The van der Waals surface area contributed by atoms with E-state index in [1.165, 1.54) is 0 Å². The van der Waals surface area contributed by atoms with Crippen molar-refractivity contribution in [2.75, 3.05) is 11.9 Å². The first-order chi connectivity index (χ1) is 7.25. The molecule has 1 amide bonds. The first-order valence-electron chi connectivity index (χ1n) is 4.98. The molecule has 1 saturated heterocycles. The van der Waals surface area contributed by atoms with Crippen molar-refractivity contribution < 1.29 is 9.53 Å². The molecule has 1 unspecified atom stereocenters. The molecule has 5 nitrogen and oxygen atoms in total. The summed E-state index contributed by atoms with van der Waals surface area (Å²) in [5.74, 6) is 0.189. The summed E-state index contributed by atoms with van der Waals surface area (Å²) in [5.41, 5.74) is 0.827. The van der Waals surface area contributed by atoms with E-state index in [0.717, 1.165) is 18.5 Å². The molecule has 0 aromatic carbocycles. The zero-order chi connectivity index (χ0) is 10.7. The maximum Gasteiger partial charge on any atom is 0.255 e. The molecule has 1 N–H and O–H groups in total. The minimum atomic E-state index is -0.339. The lowest BCUT2D eigenvalue weighted by Gasteiger charge is -2.08. The van der Waals surface area contributed by atoms with Gasteiger partial charge in [-0.05, 0) is 25.8 Å². The first kappa shape index (κ1) is 10.0. The first-order valence-corrected chi connectivity index (χ1v) is 4.98. The Morgan fingerprint density at radius 1 is 1.67 bits per heavy atom. The van der Waals surface area contributed by atoms with Gasteiger partial charge in [0.15, 0.2) is 0 Å². The lowest BCUT2D eigenvalue weighted by molar-refractivity contribution is -0.124. The van der Waals surface area contributed by atoms with E-state index in [-0.39, 0.29) is 12.0 Å². The molecule has 0 aliphatic carbocycles. The maximum absolute atomic E-state index is 11.6. The van der Waals surface area contributed by atoms with E-state index >= 15 is 0 Å². The highest BCUT2D eigenvalue weighted by atomic mass is 16.5. The molecule has 80 valence electrons. The van der Waals surface area contributed by atoms with Crippen molar-refractivity contribution in [1.82, 2.24) is 9.97 Å². The summed E-state index contributed by atoms with van der Waals surface area (Å²) in [6.07, 6.45) is 2.99. The summed E-state index contributed by atoms with van der Waals surface area (Å²) < 4.78 is 5.25. The molecule has 1 aromatic rings. The van der Waals surface area contributed by atoms with Crippen LogP contribution in [-0.4, -0.2) is 28.6 Å². The van der Waals surface area contributed by atoms with Crippen LogP contribution in [0.5, 0.6) is 0 Å². The van der Waals surface area contributed by atoms with Crippen LogP contribution in [0.2, 0.25) is 0 Å². The van der Waals surface area contributed by atoms with Crippen LogP contribution in [0.3, 0.4) is 0 Å². The predicted molar refractivity (Wildman–Crippen MR) is 54.4 cm³/mol. The minimum absolute atomic E-state index is 0.155. The fourth-order valence-corrected chi connectivity index (χ4v) is 1.48. The van der Waals surface area contributed by atoms with Crippen LogP contribution in [0.25, 0.3) is 0 Å². The molecular formula is C10H13N3O2. The molecule has 5 heteroatoms. The van der Waals surface area contributed by atoms with Crippen molar-refractivity contribution in [3.63, 3.8) is 0 Å². The van der Waals surface area contributed by atoms with Gasteiger partial charge in [0.1, 0.15) is 6.10 Å². The van der Waals surface area contributed by atoms with Crippen molar-refractivity contribution >= 4 is 11.9 Å². The fourth-order valence-electron chi connectivity index (χ4n) is 1.48. The summed E-state index contributed by atoms with van der Waals surface area (Å²) in [4.78, 5) is 19.6. The van der Waals surface area contributed by atoms with Gasteiger partial charge < -0.3 is 4.74 Å². The van der Waals surface area contributed by atoms with E-state index in [1.807, 2.05) is 6.92 Å². The van der Waals surface area contributed by atoms with Crippen LogP contribution >= 0.6 is 0 Å². The van der Waals surface area contributed by atoms with E-state index in [4.69, 9.17) is 4.74 Å². The number of aromatic nitrogens is 2. The lowest BCUT2D eigenvalue weighted by Crippen LogP contribution is -2.27. The average molecular weight is 207 g/mol. The Hall–Kier alpha value is -1.49. The Balaban J connectivity index is 1.99. The molecule has 0 radical (unpaired) electrons. The third-order valence-corrected chi connectivity index (χ3v) is 2.25. The van der Waals surface area contributed by atoms with E-state index in [2.05, 4.69) is 15.3 Å². The average Bonchev–Trinajstić information content (AvgIpc) is 2.70. The normalized spacial score (nSPS) is 20.2. The SMILES string of the molecule is Cc1ccnc(NC(=O)C2CCCO2)n1. The third-order valence-electron chi connectivity index (χ3n) is 2.25. The number of amides is 1. The van der Waals surface area contributed by atoms with Crippen LogP contribution in [0.4, 0.5) is 5.95 Å². The van der Waals surface area contributed by atoms with Crippen molar-refractivity contribution in [2.45, 2.75) is 25.9 Å². The summed E-state index contributed by atoms with van der Waals surface area (Å²) in [5, 5.41) is 2.64. The molecule has 0 saturated carbocycles. The van der Waals surface area contributed by atoms with Crippen LogP contribution in [0.15, 0.2) is 12.3 Å². The van der Waals surface area contributed by atoms with E-state index in [1.54, 1.807) is 12.3 Å². The predicted octanol–water partition coefficient (Wildman–Crippen LogP) is 0.903. The number of aryl methyl sites for hydroxylation is 1. The largest absolute Gasteiger partial charge is 0.368 e. The molecule has 15 heavy (non-hydrogen) atoms. The van der Waals surface area contributed by atoms with Crippen molar-refractivity contribution in [1.29, 1.82) is 0 Å². The second-order valence-electron chi connectivity index (χ2n) is 3.51. The van der Waals surface area contributed by atoms with Gasteiger partial charge in [-0.2, -0.15) is 0 Å². The van der Waals surface area contributed by atoms with Gasteiger partial charge in [-0.15, -0.1) is 0 Å². The van der Waals surface area contributed by atoms with Crippen molar-refractivity contribution in [2.24, 2.45) is 0 Å². The molecular weight excluding hydrogens is 194 g/mol. The van der Waals surface area contributed by atoms with Gasteiger partial charge in [0.2, 0.25) is 5.95 Å². The molecule has 1 fully saturated rings. The number of nitrogens with zero attached hydrogens (tertiary/aromatic N) is 2. The molecule has 2 rings (SSSR count). The number of carbonyl (C=O) groups is 1. The molecule has 1 aliphatic rings. The Labute approximate surface area is 87.9 Å². The molecule has 1 aromatic heterocycles. The smallest absolute Gasteiger partial charge is 0.255 e. The molecule has 1 aliphatic heterocycles. The monoisotopic (exact) mass is 207 g/mol. The summed E-state index contributed by atoms with van der Waals surface area (Å²) in [6.45, 7) is 2.51. The Bertz CT molecular complexity index is 361.